The molecular weight excluding hydrogens is 582 g/mol. The first kappa shape index (κ1) is 31.0. The molecule has 0 aliphatic heterocycles. The molecule has 1 saturated carbocycles. The Kier molecular flexibility index (Phi) is 15.8. The second-order valence-corrected chi connectivity index (χ2v) is 7.41. The van der Waals surface area contributed by atoms with Crippen LogP contribution in [-0.4, -0.2) is 42.2 Å². The van der Waals surface area contributed by atoms with E-state index in [0.29, 0.717) is 27.7 Å². The summed E-state index contributed by atoms with van der Waals surface area (Å²) >= 11 is 12.4. The van der Waals surface area contributed by atoms with E-state index in [1.165, 1.54) is 13.8 Å². The second kappa shape index (κ2) is 14.8. The van der Waals surface area contributed by atoms with Gasteiger partial charge in [-0.15, -0.1) is 0 Å². The molecule has 1 fully saturated rings. The zero-order chi connectivity index (χ0) is 22.1. The Hall–Kier alpha value is -0.180. The fourth-order valence-corrected chi connectivity index (χ4v) is 3.25. The van der Waals surface area contributed by atoms with Crippen LogP contribution in [0.3, 0.4) is 0 Å². The number of hydrogen-bond acceptors (Lipinski definition) is 5. The Morgan fingerprint density at radius 1 is 1.14 bits per heavy atom. The maximum Gasteiger partial charge on any atom is 0.163 e. The number of rotatable bonds is 2. The van der Waals surface area contributed by atoms with Gasteiger partial charge in [0.25, 0.3) is 0 Å². The van der Waals surface area contributed by atoms with Gasteiger partial charge in [-0.25, -0.2) is 9.97 Å². The number of pyridine rings is 1. The van der Waals surface area contributed by atoms with Crippen LogP contribution in [0.5, 0.6) is 0 Å². The molecule has 0 aromatic carbocycles. The van der Waals surface area contributed by atoms with Crippen LogP contribution in [0.15, 0.2) is 6.33 Å². The molecule has 0 saturated heterocycles. The van der Waals surface area contributed by atoms with Crippen LogP contribution in [0.4, 0.5) is 0 Å². The normalized spacial score (nSPS) is 17.8. The van der Waals surface area contributed by atoms with Gasteiger partial charge in [0.15, 0.2) is 11.4 Å². The van der Waals surface area contributed by atoms with Crippen molar-refractivity contribution in [1.82, 2.24) is 14.5 Å². The predicted octanol–water partition coefficient (Wildman–Crippen LogP) is 5.14. The number of fused-ring (bicyclic) bond motifs is 1. The Bertz CT molecular complexity index is 715. The zero-order valence-corrected chi connectivity index (χ0v) is 23.2. The van der Waals surface area contributed by atoms with E-state index >= 15 is 0 Å². The van der Waals surface area contributed by atoms with Crippen LogP contribution in [0.25, 0.3) is 11.2 Å². The summed E-state index contributed by atoms with van der Waals surface area (Å²) in [5.74, 6) is -1.13. The van der Waals surface area contributed by atoms with Gasteiger partial charge in [-0.1, -0.05) is 50.9 Å². The van der Waals surface area contributed by atoms with Gasteiger partial charge in [0.05, 0.1) is 11.3 Å². The van der Waals surface area contributed by atoms with Gasteiger partial charge in [0.1, 0.15) is 10.7 Å². The average Bonchev–Trinajstić information content (AvgIpc) is 3.28. The third kappa shape index (κ3) is 9.66. The Morgan fingerprint density at radius 3 is 2.10 bits per heavy atom. The summed E-state index contributed by atoms with van der Waals surface area (Å²) in [6, 6.07) is 0.324. The van der Waals surface area contributed by atoms with E-state index in [4.69, 9.17) is 33.4 Å². The van der Waals surface area contributed by atoms with Gasteiger partial charge < -0.3 is 19.9 Å². The first-order valence-corrected chi connectivity index (χ1v) is 10.6. The second-order valence-electron chi connectivity index (χ2n) is 6.68. The quantitative estimate of drug-likeness (QED) is 0.321. The van der Waals surface area contributed by atoms with Gasteiger partial charge >= 0.3 is 0 Å². The largest absolute Gasteiger partial charge is 0.396 e. The van der Waals surface area contributed by atoms with Crippen molar-refractivity contribution >= 4 is 34.4 Å². The van der Waals surface area contributed by atoms with Crippen molar-refractivity contribution in [2.24, 2.45) is 5.92 Å². The van der Waals surface area contributed by atoms with E-state index < -0.39 is 5.79 Å². The van der Waals surface area contributed by atoms with Crippen molar-refractivity contribution in [3.8, 4) is 0 Å². The molecule has 2 aromatic heterocycles. The predicted molar refractivity (Wildman–Crippen MR) is 117 cm³/mol. The number of hydrogen-bond donors (Lipinski definition) is 3. The van der Waals surface area contributed by atoms with Crippen LogP contribution in [0.1, 0.15) is 72.4 Å². The number of aromatic nitrogens is 3. The molecule has 2 heterocycles. The van der Waals surface area contributed by atoms with Gasteiger partial charge in [0, 0.05) is 40.6 Å². The van der Waals surface area contributed by atoms with E-state index in [-0.39, 0.29) is 29.0 Å². The Morgan fingerprint density at radius 2 is 1.66 bits per heavy atom. The van der Waals surface area contributed by atoms with Crippen molar-refractivity contribution in [2.75, 3.05) is 6.61 Å². The van der Waals surface area contributed by atoms with Crippen molar-refractivity contribution in [2.45, 2.75) is 79.6 Å². The molecular formula is C20H35Cl2N3O3Ta. The summed E-state index contributed by atoms with van der Waals surface area (Å²) < 4.78 is 2.04. The smallest absolute Gasteiger partial charge is 0.163 e. The van der Waals surface area contributed by atoms with Gasteiger partial charge in [-0.3, -0.25) is 0 Å². The molecule has 167 valence electrons. The molecule has 1 aliphatic rings. The number of halogens is 2. The van der Waals surface area contributed by atoms with E-state index in [1.54, 1.807) is 6.33 Å². The van der Waals surface area contributed by atoms with Crippen molar-refractivity contribution in [1.29, 1.82) is 0 Å². The molecule has 0 amide bonds. The molecule has 1 aliphatic carbocycles. The van der Waals surface area contributed by atoms with Crippen LogP contribution in [0, 0.1) is 12.8 Å². The molecule has 0 bridgehead atoms. The fourth-order valence-electron chi connectivity index (χ4n) is 2.80. The standard InChI is InChI=1S/C13H15Cl2N3O.C3H8O2.2C2H6.Ta/c1-7-10(14)11-13(17-12(7)15)18(6-16-11)9-3-2-8(4-9)5-19;1-3(2,4)5;2*1-2;/h6,8-9,19H,2-5H2,1H3;4-5H,1-2H3;2*1-2H3;/t8-,9?;;;;/m1..../s1. The average molecular weight is 617 g/mol. The molecule has 2 atom stereocenters. The van der Waals surface area contributed by atoms with Crippen LogP contribution in [0.2, 0.25) is 10.2 Å². The molecule has 6 nitrogen and oxygen atoms in total. The third-order valence-electron chi connectivity index (χ3n) is 3.98. The van der Waals surface area contributed by atoms with Gasteiger partial charge in [0.2, 0.25) is 0 Å². The summed E-state index contributed by atoms with van der Waals surface area (Å²) in [6.07, 6.45) is 4.80. The third-order valence-corrected chi connectivity index (χ3v) is 4.81. The van der Waals surface area contributed by atoms with Crippen LogP contribution in [-0.2, 0) is 22.4 Å². The fraction of sp³-hybridized carbons (Fsp3) is 0.700. The monoisotopic (exact) mass is 616 g/mol. The van der Waals surface area contributed by atoms with Crippen molar-refractivity contribution in [3.05, 3.63) is 22.1 Å². The molecule has 0 spiro atoms. The first-order valence-electron chi connectivity index (χ1n) is 9.85. The maximum atomic E-state index is 9.24. The number of aliphatic hydroxyl groups excluding tert-OH is 1. The van der Waals surface area contributed by atoms with Crippen LogP contribution >= 0.6 is 23.2 Å². The maximum absolute atomic E-state index is 9.24. The van der Waals surface area contributed by atoms with Crippen molar-refractivity contribution in [3.63, 3.8) is 0 Å². The molecule has 2 aromatic rings. The summed E-state index contributed by atoms with van der Waals surface area (Å²) in [5, 5.41) is 26.4. The number of nitrogens with zero attached hydrogens (tertiary/aromatic N) is 3. The number of imidazole rings is 1. The van der Waals surface area contributed by atoms with E-state index in [9.17, 15) is 5.11 Å². The molecule has 1 unspecified atom stereocenters. The Labute approximate surface area is 200 Å². The minimum Gasteiger partial charge on any atom is -0.396 e. The number of aliphatic hydroxyl groups is 3. The molecule has 3 rings (SSSR count). The van der Waals surface area contributed by atoms with E-state index in [0.717, 1.165) is 30.5 Å². The summed E-state index contributed by atoms with van der Waals surface area (Å²) in [6.45, 7) is 12.7. The molecule has 1 radical (unpaired) electrons. The minimum absolute atomic E-state index is 0. The zero-order valence-electron chi connectivity index (χ0n) is 18.4. The first-order chi connectivity index (χ1) is 13.1. The van der Waals surface area contributed by atoms with Crippen LogP contribution < -0.4 is 0 Å². The Balaban J connectivity index is 0. The van der Waals surface area contributed by atoms with Gasteiger partial charge in [-0.2, -0.15) is 0 Å². The molecule has 29 heavy (non-hydrogen) atoms. The summed E-state index contributed by atoms with van der Waals surface area (Å²) in [5.41, 5.74) is 2.21. The van der Waals surface area contributed by atoms with Crippen molar-refractivity contribution < 1.29 is 37.7 Å². The SMILES string of the molecule is CC.CC.CC(C)(O)O.Cc1c(Cl)nc2c(ncn2C2CC[C@@H](CO)C2)c1Cl.[Ta]. The minimum atomic E-state index is -1.50. The van der Waals surface area contributed by atoms with E-state index in [1.807, 2.05) is 39.2 Å². The van der Waals surface area contributed by atoms with Gasteiger partial charge in [-0.05, 0) is 46.0 Å². The molecule has 9 heteroatoms. The van der Waals surface area contributed by atoms with E-state index in [2.05, 4.69) is 9.97 Å². The summed E-state index contributed by atoms with van der Waals surface area (Å²) in [7, 11) is 0. The summed E-state index contributed by atoms with van der Waals surface area (Å²) in [4.78, 5) is 8.77. The molecule has 3 N–H and O–H groups in total. The topological polar surface area (TPSA) is 91.4 Å².